The van der Waals surface area contributed by atoms with Gasteiger partial charge in [0.05, 0.1) is 6.04 Å². The molecule has 94 valence electrons. The third-order valence-corrected chi connectivity index (χ3v) is 3.10. The van der Waals surface area contributed by atoms with Crippen LogP contribution in [0, 0.1) is 5.92 Å². The first-order valence-corrected chi connectivity index (χ1v) is 6.01. The normalized spacial score (nSPS) is 21.1. The predicted octanol–water partition coefficient (Wildman–Crippen LogP) is -0.362. The lowest BCUT2D eigenvalue weighted by molar-refractivity contribution is -0.126. The zero-order valence-corrected chi connectivity index (χ0v) is 10.6. The van der Waals surface area contributed by atoms with Crippen LogP contribution in [0.2, 0.25) is 0 Å². The Morgan fingerprint density at radius 3 is 2.25 bits per heavy atom. The van der Waals surface area contributed by atoms with Crippen molar-refractivity contribution < 1.29 is 4.79 Å². The molecule has 1 atom stereocenters. The van der Waals surface area contributed by atoms with Crippen LogP contribution >= 0.6 is 0 Å². The molecular weight excluding hydrogens is 204 g/mol. The highest BCUT2D eigenvalue weighted by Gasteiger charge is 2.24. The van der Waals surface area contributed by atoms with Gasteiger partial charge in [-0.2, -0.15) is 0 Å². The van der Waals surface area contributed by atoms with Gasteiger partial charge in [0.25, 0.3) is 5.91 Å². The summed E-state index contributed by atoms with van der Waals surface area (Å²) in [5, 5.41) is 0. The van der Waals surface area contributed by atoms with Gasteiger partial charge in [0.2, 0.25) is 0 Å². The van der Waals surface area contributed by atoms with E-state index in [0.717, 1.165) is 32.7 Å². The fourth-order valence-electron chi connectivity index (χ4n) is 2.14. The number of carbonyl (C=O) groups excluding carboxylic acids is 1. The number of nitrogens with two attached hydrogens (primary N) is 1. The van der Waals surface area contributed by atoms with Gasteiger partial charge in [-0.25, -0.2) is 5.84 Å². The molecule has 0 bridgehead atoms. The van der Waals surface area contributed by atoms with Crippen LogP contribution in [-0.2, 0) is 4.79 Å². The Hall–Kier alpha value is -0.650. The van der Waals surface area contributed by atoms with Gasteiger partial charge in [-0.1, -0.05) is 13.8 Å². The highest BCUT2D eigenvalue weighted by molar-refractivity contribution is 5.80. The van der Waals surface area contributed by atoms with Crippen molar-refractivity contribution in [2.24, 2.45) is 11.8 Å². The number of amides is 1. The number of nitrogens with zero attached hydrogens (tertiary/aromatic N) is 2. The van der Waals surface area contributed by atoms with Gasteiger partial charge in [-0.3, -0.25) is 15.1 Å². The number of rotatable bonds is 4. The minimum atomic E-state index is -0.119. The molecule has 0 radical (unpaired) electrons. The molecule has 0 aromatic carbocycles. The molecule has 1 unspecified atom stereocenters. The standard InChI is InChI=1S/C11H24N4O/c1-9(2)8-14-4-6-15(7-5-14)10(3)11(16)13-12/h9-10H,4-8,12H2,1-3H3,(H,13,16). The topological polar surface area (TPSA) is 61.6 Å². The Bertz CT molecular complexity index is 224. The van der Waals surface area contributed by atoms with Crippen LogP contribution in [0.25, 0.3) is 0 Å². The third kappa shape index (κ3) is 3.73. The Morgan fingerprint density at radius 2 is 1.81 bits per heavy atom. The molecule has 5 nitrogen and oxygen atoms in total. The van der Waals surface area contributed by atoms with E-state index >= 15 is 0 Å². The highest BCUT2D eigenvalue weighted by Crippen LogP contribution is 2.08. The fraction of sp³-hybridized carbons (Fsp3) is 0.909. The largest absolute Gasteiger partial charge is 0.301 e. The van der Waals surface area contributed by atoms with Crippen molar-refractivity contribution in [1.82, 2.24) is 15.2 Å². The molecule has 5 heteroatoms. The van der Waals surface area contributed by atoms with Crippen molar-refractivity contribution in [3.8, 4) is 0 Å². The van der Waals surface area contributed by atoms with Gasteiger partial charge in [0.15, 0.2) is 0 Å². The lowest BCUT2D eigenvalue weighted by Crippen LogP contribution is -2.55. The van der Waals surface area contributed by atoms with E-state index in [1.165, 1.54) is 0 Å². The smallest absolute Gasteiger partial charge is 0.250 e. The third-order valence-electron chi connectivity index (χ3n) is 3.10. The molecule has 1 rings (SSSR count). The second kappa shape index (κ2) is 6.18. The van der Waals surface area contributed by atoms with Gasteiger partial charge in [0.1, 0.15) is 0 Å². The first kappa shape index (κ1) is 13.4. The highest BCUT2D eigenvalue weighted by atomic mass is 16.2. The van der Waals surface area contributed by atoms with Crippen LogP contribution in [0.15, 0.2) is 0 Å². The Labute approximate surface area is 97.9 Å². The number of hydrazine groups is 1. The maximum Gasteiger partial charge on any atom is 0.250 e. The molecule has 1 amide bonds. The van der Waals surface area contributed by atoms with E-state index in [9.17, 15) is 4.79 Å². The van der Waals surface area contributed by atoms with Gasteiger partial charge in [0, 0.05) is 32.7 Å². The minimum Gasteiger partial charge on any atom is -0.301 e. The Balaban J connectivity index is 2.34. The maximum atomic E-state index is 11.4. The number of nitrogens with one attached hydrogen (secondary N) is 1. The van der Waals surface area contributed by atoms with Crippen molar-refractivity contribution in [2.75, 3.05) is 32.7 Å². The van der Waals surface area contributed by atoms with Crippen LogP contribution in [0.1, 0.15) is 20.8 Å². The van der Waals surface area contributed by atoms with E-state index in [2.05, 4.69) is 29.1 Å². The van der Waals surface area contributed by atoms with Crippen molar-refractivity contribution in [2.45, 2.75) is 26.8 Å². The zero-order chi connectivity index (χ0) is 12.1. The van der Waals surface area contributed by atoms with E-state index in [-0.39, 0.29) is 11.9 Å². The lowest BCUT2D eigenvalue weighted by atomic mass is 10.1. The van der Waals surface area contributed by atoms with Gasteiger partial charge < -0.3 is 4.90 Å². The summed E-state index contributed by atoms with van der Waals surface area (Å²) in [6.45, 7) is 11.5. The molecule has 1 saturated heterocycles. The average molecular weight is 228 g/mol. The quantitative estimate of drug-likeness (QED) is 0.392. The summed E-state index contributed by atoms with van der Waals surface area (Å²) in [5.74, 6) is 5.74. The van der Waals surface area contributed by atoms with E-state index in [1.54, 1.807) is 0 Å². The molecule has 1 aliphatic rings. The predicted molar refractivity (Wildman–Crippen MR) is 64.6 cm³/mol. The number of piperazine rings is 1. The average Bonchev–Trinajstić information content (AvgIpc) is 2.27. The Kier molecular flexibility index (Phi) is 5.18. The summed E-state index contributed by atoms with van der Waals surface area (Å²) in [6, 6.07) is -0.119. The molecule has 0 aromatic rings. The van der Waals surface area contributed by atoms with Crippen LogP contribution in [0.4, 0.5) is 0 Å². The molecule has 0 aromatic heterocycles. The molecule has 16 heavy (non-hydrogen) atoms. The molecule has 1 heterocycles. The second-order valence-electron chi connectivity index (χ2n) is 4.91. The van der Waals surface area contributed by atoms with Gasteiger partial charge in [-0.05, 0) is 12.8 Å². The molecular formula is C11H24N4O. The number of hydrogen-bond donors (Lipinski definition) is 2. The molecule has 0 saturated carbocycles. The van der Waals surface area contributed by atoms with Gasteiger partial charge in [-0.15, -0.1) is 0 Å². The molecule has 3 N–H and O–H groups in total. The summed E-state index contributed by atoms with van der Waals surface area (Å²) in [6.07, 6.45) is 0. The summed E-state index contributed by atoms with van der Waals surface area (Å²) < 4.78 is 0. The summed E-state index contributed by atoms with van der Waals surface area (Å²) >= 11 is 0. The second-order valence-corrected chi connectivity index (χ2v) is 4.91. The zero-order valence-electron chi connectivity index (χ0n) is 10.6. The minimum absolute atomic E-state index is 0.0997. The lowest BCUT2D eigenvalue weighted by Gasteiger charge is -2.37. The van der Waals surface area contributed by atoms with Crippen molar-refractivity contribution in [3.63, 3.8) is 0 Å². The SMILES string of the molecule is CC(C)CN1CCN(C(C)C(=O)NN)CC1. The van der Waals surface area contributed by atoms with Crippen molar-refractivity contribution in [1.29, 1.82) is 0 Å². The molecule has 0 aliphatic carbocycles. The van der Waals surface area contributed by atoms with E-state index in [4.69, 9.17) is 5.84 Å². The first-order valence-electron chi connectivity index (χ1n) is 6.01. The van der Waals surface area contributed by atoms with Crippen LogP contribution in [-0.4, -0.2) is 54.5 Å². The fourth-order valence-corrected chi connectivity index (χ4v) is 2.14. The first-order chi connectivity index (χ1) is 7.54. The number of carbonyl (C=O) groups is 1. The summed E-state index contributed by atoms with van der Waals surface area (Å²) in [7, 11) is 0. The van der Waals surface area contributed by atoms with Crippen molar-refractivity contribution >= 4 is 5.91 Å². The van der Waals surface area contributed by atoms with Crippen LogP contribution < -0.4 is 11.3 Å². The summed E-state index contributed by atoms with van der Waals surface area (Å²) in [5.41, 5.74) is 2.21. The monoisotopic (exact) mass is 228 g/mol. The molecule has 1 aliphatic heterocycles. The van der Waals surface area contributed by atoms with Crippen LogP contribution in [0.5, 0.6) is 0 Å². The summed E-state index contributed by atoms with van der Waals surface area (Å²) in [4.78, 5) is 16.0. The van der Waals surface area contributed by atoms with E-state index in [0.29, 0.717) is 5.92 Å². The van der Waals surface area contributed by atoms with E-state index in [1.807, 2.05) is 6.92 Å². The number of hydrogen-bond acceptors (Lipinski definition) is 4. The van der Waals surface area contributed by atoms with Crippen molar-refractivity contribution in [3.05, 3.63) is 0 Å². The molecule has 0 spiro atoms. The Morgan fingerprint density at radius 1 is 1.25 bits per heavy atom. The van der Waals surface area contributed by atoms with Crippen LogP contribution in [0.3, 0.4) is 0 Å². The van der Waals surface area contributed by atoms with Gasteiger partial charge >= 0.3 is 0 Å². The maximum absolute atomic E-state index is 11.4. The molecule has 1 fully saturated rings. The van der Waals surface area contributed by atoms with E-state index < -0.39 is 0 Å².